The third-order valence-electron chi connectivity index (χ3n) is 4.67. The third kappa shape index (κ3) is 2.70. The van der Waals surface area contributed by atoms with Gasteiger partial charge < -0.3 is 5.73 Å². The van der Waals surface area contributed by atoms with E-state index in [1.807, 2.05) is 0 Å². The van der Waals surface area contributed by atoms with Gasteiger partial charge in [0.1, 0.15) is 5.82 Å². The molecule has 1 unspecified atom stereocenters. The second kappa shape index (κ2) is 5.78. The second-order valence-corrected chi connectivity index (χ2v) is 6.12. The fraction of sp³-hybridized carbons (Fsp3) is 0.333. The summed E-state index contributed by atoms with van der Waals surface area (Å²) in [7, 11) is 0. The van der Waals surface area contributed by atoms with Gasteiger partial charge in [0.05, 0.1) is 6.04 Å². The second-order valence-electron chi connectivity index (χ2n) is 5.68. The Morgan fingerprint density at radius 3 is 1.86 bits per heavy atom. The molecule has 1 atom stereocenters. The Hall–Kier alpha value is -1.38. The summed E-state index contributed by atoms with van der Waals surface area (Å²) in [5.74, 6) is -0.357. The largest absolute Gasteiger partial charge is 0.320 e. The minimum Gasteiger partial charge on any atom is -0.320 e. The van der Waals surface area contributed by atoms with Crippen LogP contribution in [-0.4, -0.2) is 0 Å². The van der Waals surface area contributed by atoms with E-state index in [2.05, 4.69) is 34.6 Å². The van der Waals surface area contributed by atoms with Crippen LogP contribution in [0.5, 0.6) is 0 Å². The maximum atomic E-state index is 14.2. The zero-order valence-corrected chi connectivity index (χ0v) is 13.9. The van der Waals surface area contributed by atoms with E-state index in [9.17, 15) is 4.39 Å². The van der Waals surface area contributed by atoms with Gasteiger partial charge in [-0.15, -0.1) is 0 Å². The average molecular weight is 306 g/mol. The molecule has 112 valence electrons. The van der Waals surface area contributed by atoms with Gasteiger partial charge in [-0.25, -0.2) is 4.39 Å². The van der Waals surface area contributed by atoms with Crippen molar-refractivity contribution >= 4 is 11.6 Å². The fourth-order valence-corrected chi connectivity index (χ4v) is 3.06. The lowest BCUT2D eigenvalue weighted by Crippen LogP contribution is -2.18. The van der Waals surface area contributed by atoms with Gasteiger partial charge in [-0.3, -0.25) is 0 Å². The minimum atomic E-state index is -0.486. The molecule has 0 aromatic heterocycles. The predicted octanol–water partition coefficient (Wildman–Crippen LogP) is 5.07. The summed E-state index contributed by atoms with van der Waals surface area (Å²) >= 11 is 5.82. The van der Waals surface area contributed by atoms with Crippen LogP contribution < -0.4 is 5.73 Å². The molecule has 0 amide bonds. The third-order valence-corrected chi connectivity index (χ3v) is 4.90. The first-order valence-corrected chi connectivity index (χ1v) is 7.40. The molecule has 2 aromatic carbocycles. The number of halogens is 2. The standard InChI is InChI=1S/C18H21ClFN/c1-9-10(2)12(4)17(13(5)11(9)3)18(21)15-7-6-14(19)8-16(15)20/h6-8,18H,21H2,1-5H3. The van der Waals surface area contributed by atoms with Gasteiger partial charge in [-0.2, -0.15) is 0 Å². The topological polar surface area (TPSA) is 26.0 Å². The van der Waals surface area contributed by atoms with Crippen molar-refractivity contribution in [3.05, 3.63) is 68.0 Å². The van der Waals surface area contributed by atoms with E-state index in [0.717, 1.165) is 16.7 Å². The molecular formula is C18H21ClFN. The lowest BCUT2D eigenvalue weighted by atomic mass is 9.84. The molecule has 2 aromatic rings. The Morgan fingerprint density at radius 1 is 0.905 bits per heavy atom. The van der Waals surface area contributed by atoms with Crippen molar-refractivity contribution in [3.63, 3.8) is 0 Å². The van der Waals surface area contributed by atoms with Crippen molar-refractivity contribution in [2.75, 3.05) is 0 Å². The first-order valence-electron chi connectivity index (χ1n) is 7.03. The van der Waals surface area contributed by atoms with E-state index in [4.69, 9.17) is 17.3 Å². The summed E-state index contributed by atoms with van der Waals surface area (Å²) in [6.45, 7) is 10.4. The van der Waals surface area contributed by atoms with Gasteiger partial charge in [-0.1, -0.05) is 17.7 Å². The van der Waals surface area contributed by atoms with Crippen LogP contribution in [0.4, 0.5) is 4.39 Å². The molecule has 0 aliphatic carbocycles. The molecule has 0 spiro atoms. The van der Waals surface area contributed by atoms with Crippen LogP contribution in [0.25, 0.3) is 0 Å². The molecule has 0 aliphatic rings. The molecule has 2 N–H and O–H groups in total. The molecule has 0 bridgehead atoms. The van der Waals surface area contributed by atoms with Crippen LogP contribution in [0, 0.1) is 40.4 Å². The van der Waals surface area contributed by atoms with Gasteiger partial charge in [0.2, 0.25) is 0 Å². The number of nitrogens with two attached hydrogens (primary N) is 1. The Kier molecular flexibility index (Phi) is 4.40. The Morgan fingerprint density at radius 2 is 1.38 bits per heavy atom. The van der Waals surface area contributed by atoms with Crippen LogP contribution in [0.15, 0.2) is 18.2 Å². The van der Waals surface area contributed by atoms with Crippen molar-refractivity contribution in [3.8, 4) is 0 Å². The molecule has 1 nitrogen and oxygen atoms in total. The van der Waals surface area contributed by atoms with Crippen LogP contribution >= 0.6 is 11.6 Å². The highest BCUT2D eigenvalue weighted by molar-refractivity contribution is 6.30. The lowest BCUT2D eigenvalue weighted by Gasteiger charge is -2.24. The van der Waals surface area contributed by atoms with Gasteiger partial charge in [0.25, 0.3) is 0 Å². The van der Waals surface area contributed by atoms with Crippen LogP contribution in [0.2, 0.25) is 5.02 Å². The molecular weight excluding hydrogens is 285 g/mol. The fourth-order valence-electron chi connectivity index (χ4n) is 2.90. The molecule has 0 fully saturated rings. The summed E-state index contributed by atoms with van der Waals surface area (Å²) in [5, 5.41) is 0.383. The molecule has 0 saturated heterocycles. The van der Waals surface area contributed by atoms with Gasteiger partial charge in [0, 0.05) is 10.6 Å². The zero-order chi connectivity index (χ0) is 15.9. The number of hydrogen-bond acceptors (Lipinski definition) is 1. The summed E-state index contributed by atoms with van der Waals surface area (Å²) in [5.41, 5.74) is 13.9. The Balaban J connectivity index is 2.66. The predicted molar refractivity (Wildman–Crippen MR) is 87.6 cm³/mol. The number of hydrogen-bond donors (Lipinski definition) is 1. The van der Waals surface area contributed by atoms with E-state index in [1.165, 1.54) is 22.8 Å². The highest BCUT2D eigenvalue weighted by Gasteiger charge is 2.21. The Bertz CT molecular complexity index is 678. The summed E-state index contributed by atoms with van der Waals surface area (Å²) in [6, 6.07) is 4.18. The first kappa shape index (κ1) is 16.0. The quantitative estimate of drug-likeness (QED) is 0.823. The van der Waals surface area contributed by atoms with Crippen LogP contribution in [0.1, 0.15) is 45.0 Å². The van der Waals surface area contributed by atoms with Crippen LogP contribution in [0.3, 0.4) is 0 Å². The monoisotopic (exact) mass is 305 g/mol. The summed E-state index contributed by atoms with van der Waals surface area (Å²) < 4.78 is 14.2. The van der Waals surface area contributed by atoms with Gasteiger partial charge >= 0.3 is 0 Å². The minimum absolute atomic E-state index is 0.357. The molecule has 3 heteroatoms. The van der Waals surface area contributed by atoms with Crippen molar-refractivity contribution in [2.45, 2.75) is 40.7 Å². The molecule has 2 rings (SSSR count). The highest BCUT2D eigenvalue weighted by Crippen LogP contribution is 2.33. The van der Waals surface area contributed by atoms with Crippen molar-refractivity contribution < 1.29 is 4.39 Å². The molecule has 0 radical (unpaired) electrons. The van der Waals surface area contributed by atoms with Crippen LogP contribution in [-0.2, 0) is 0 Å². The van der Waals surface area contributed by atoms with E-state index in [1.54, 1.807) is 12.1 Å². The van der Waals surface area contributed by atoms with Gasteiger partial charge in [0.15, 0.2) is 0 Å². The normalized spacial score (nSPS) is 12.6. The lowest BCUT2D eigenvalue weighted by molar-refractivity contribution is 0.598. The molecule has 0 heterocycles. The number of rotatable bonds is 2. The summed E-state index contributed by atoms with van der Waals surface area (Å²) in [6.07, 6.45) is 0. The highest BCUT2D eigenvalue weighted by atomic mass is 35.5. The zero-order valence-electron chi connectivity index (χ0n) is 13.1. The molecule has 0 aliphatic heterocycles. The molecule has 0 saturated carbocycles. The smallest absolute Gasteiger partial charge is 0.129 e. The number of benzene rings is 2. The maximum Gasteiger partial charge on any atom is 0.129 e. The van der Waals surface area contributed by atoms with Crippen molar-refractivity contribution in [2.24, 2.45) is 5.73 Å². The van der Waals surface area contributed by atoms with E-state index >= 15 is 0 Å². The molecule has 21 heavy (non-hydrogen) atoms. The van der Waals surface area contributed by atoms with Crippen molar-refractivity contribution in [1.29, 1.82) is 0 Å². The average Bonchev–Trinajstić information content (AvgIpc) is 2.43. The SMILES string of the molecule is Cc1c(C)c(C)c(C(N)c2ccc(Cl)cc2F)c(C)c1C. The van der Waals surface area contributed by atoms with E-state index in [0.29, 0.717) is 10.6 Å². The maximum absolute atomic E-state index is 14.2. The first-order chi connectivity index (χ1) is 9.75. The van der Waals surface area contributed by atoms with Gasteiger partial charge in [-0.05, 0) is 80.1 Å². The van der Waals surface area contributed by atoms with E-state index in [-0.39, 0.29) is 5.82 Å². The summed E-state index contributed by atoms with van der Waals surface area (Å²) in [4.78, 5) is 0. The Labute approximate surface area is 130 Å². The van der Waals surface area contributed by atoms with Crippen molar-refractivity contribution in [1.82, 2.24) is 0 Å². The van der Waals surface area contributed by atoms with E-state index < -0.39 is 6.04 Å².